The maximum atomic E-state index is 12.3. The summed E-state index contributed by atoms with van der Waals surface area (Å²) < 4.78 is 0. The molecule has 1 heterocycles. The lowest BCUT2D eigenvalue weighted by Crippen LogP contribution is -2.46. The fourth-order valence-electron chi connectivity index (χ4n) is 3.65. The minimum Gasteiger partial charge on any atom is -0.369 e. The average molecular weight is 395 g/mol. The standard InChI is InChI=1S/C23H30N4O2/c1-4-26-9-11-27(12-10-26)21-7-5-20(6-8-21)25-22(28)16-24-23(29)19-14-17(2)13-18(3)15-19/h5-8,13-15H,4,9-12,16H2,1-3H3,(H,24,29)(H,25,28). The van der Waals surface area contributed by atoms with Crippen molar-refractivity contribution in [3.63, 3.8) is 0 Å². The second kappa shape index (κ2) is 9.56. The van der Waals surface area contributed by atoms with Crippen molar-refractivity contribution in [2.75, 3.05) is 49.5 Å². The number of carbonyl (C=O) groups excluding carboxylic acids is 2. The molecular formula is C23H30N4O2. The highest BCUT2D eigenvalue weighted by atomic mass is 16.2. The largest absolute Gasteiger partial charge is 0.369 e. The first-order chi connectivity index (χ1) is 13.9. The minimum atomic E-state index is -0.243. The molecule has 0 bridgehead atoms. The summed E-state index contributed by atoms with van der Waals surface area (Å²) in [5.41, 5.74) is 4.52. The minimum absolute atomic E-state index is 0.0629. The quantitative estimate of drug-likeness (QED) is 0.791. The van der Waals surface area contributed by atoms with Crippen molar-refractivity contribution in [3.05, 3.63) is 59.2 Å². The SMILES string of the molecule is CCN1CCN(c2ccc(NC(=O)CNC(=O)c3cc(C)cc(C)c3)cc2)CC1. The highest BCUT2D eigenvalue weighted by molar-refractivity contribution is 5.99. The molecule has 6 heteroatoms. The van der Waals surface area contributed by atoms with Crippen molar-refractivity contribution in [2.24, 2.45) is 0 Å². The summed E-state index contributed by atoms with van der Waals surface area (Å²) >= 11 is 0. The number of nitrogens with one attached hydrogen (secondary N) is 2. The van der Waals surface area contributed by atoms with Crippen LogP contribution in [0.1, 0.15) is 28.4 Å². The lowest BCUT2D eigenvalue weighted by atomic mass is 10.1. The summed E-state index contributed by atoms with van der Waals surface area (Å²) in [7, 11) is 0. The van der Waals surface area contributed by atoms with Crippen molar-refractivity contribution < 1.29 is 9.59 Å². The van der Waals surface area contributed by atoms with E-state index in [1.165, 1.54) is 5.69 Å². The molecule has 0 aliphatic carbocycles. The van der Waals surface area contributed by atoms with Crippen LogP contribution in [0.25, 0.3) is 0 Å². The van der Waals surface area contributed by atoms with Gasteiger partial charge in [0.25, 0.3) is 5.91 Å². The molecule has 2 aromatic carbocycles. The van der Waals surface area contributed by atoms with Gasteiger partial charge in [0.15, 0.2) is 0 Å². The average Bonchev–Trinajstić information content (AvgIpc) is 2.72. The van der Waals surface area contributed by atoms with Crippen LogP contribution in [0.5, 0.6) is 0 Å². The summed E-state index contributed by atoms with van der Waals surface area (Å²) in [6.07, 6.45) is 0. The third-order valence-corrected chi connectivity index (χ3v) is 5.23. The number of anilines is 2. The Morgan fingerprint density at radius 3 is 2.14 bits per heavy atom. The Morgan fingerprint density at radius 1 is 0.931 bits per heavy atom. The van der Waals surface area contributed by atoms with Crippen LogP contribution in [0, 0.1) is 13.8 Å². The number of carbonyl (C=O) groups is 2. The van der Waals surface area contributed by atoms with E-state index in [0.717, 1.165) is 49.5 Å². The number of piperazine rings is 1. The van der Waals surface area contributed by atoms with Gasteiger partial charge in [0, 0.05) is 43.1 Å². The van der Waals surface area contributed by atoms with Crippen LogP contribution in [0.2, 0.25) is 0 Å². The third-order valence-electron chi connectivity index (χ3n) is 5.23. The van der Waals surface area contributed by atoms with Gasteiger partial charge in [0.1, 0.15) is 0 Å². The van der Waals surface area contributed by atoms with E-state index in [1.807, 2.05) is 56.3 Å². The van der Waals surface area contributed by atoms with E-state index in [4.69, 9.17) is 0 Å². The van der Waals surface area contributed by atoms with Gasteiger partial charge in [-0.25, -0.2) is 0 Å². The maximum absolute atomic E-state index is 12.3. The zero-order valence-corrected chi connectivity index (χ0v) is 17.5. The van der Waals surface area contributed by atoms with E-state index in [9.17, 15) is 9.59 Å². The molecule has 2 amide bonds. The fourth-order valence-corrected chi connectivity index (χ4v) is 3.65. The number of aryl methyl sites for hydroxylation is 2. The normalized spacial score (nSPS) is 14.5. The van der Waals surface area contributed by atoms with Crippen LogP contribution >= 0.6 is 0 Å². The summed E-state index contributed by atoms with van der Waals surface area (Å²) in [5, 5.41) is 5.52. The van der Waals surface area contributed by atoms with Gasteiger partial charge in [-0.3, -0.25) is 9.59 Å². The van der Waals surface area contributed by atoms with Crippen molar-refractivity contribution in [1.29, 1.82) is 0 Å². The summed E-state index contributed by atoms with van der Waals surface area (Å²) in [4.78, 5) is 29.3. The van der Waals surface area contributed by atoms with Gasteiger partial charge in [-0.15, -0.1) is 0 Å². The number of likely N-dealkylation sites (N-methyl/N-ethyl adjacent to an activating group) is 1. The zero-order chi connectivity index (χ0) is 20.8. The van der Waals surface area contributed by atoms with Crippen LogP contribution in [-0.4, -0.2) is 56.0 Å². The lowest BCUT2D eigenvalue weighted by molar-refractivity contribution is -0.115. The number of hydrogen-bond donors (Lipinski definition) is 2. The molecule has 6 nitrogen and oxygen atoms in total. The Labute approximate surface area is 172 Å². The van der Waals surface area contributed by atoms with Crippen molar-refractivity contribution in [2.45, 2.75) is 20.8 Å². The molecule has 0 unspecified atom stereocenters. The Morgan fingerprint density at radius 2 is 1.55 bits per heavy atom. The molecule has 2 N–H and O–H groups in total. The van der Waals surface area contributed by atoms with Gasteiger partial charge >= 0.3 is 0 Å². The first-order valence-electron chi connectivity index (χ1n) is 10.2. The number of hydrogen-bond acceptors (Lipinski definition) is 4. The van der Waals surface area contributed by atoms with Gasteiger partial charge in [-0.05, 0) is 56.8 Å². The second-order valence-electron chi connectivity index (χ2n) is 7.58. The first kappa shape index (κ1) is 20.9. The van der Waals surface area contributed by atoms with Crippen LogP contribution in [0.3, 0.4) is 0 Å². The molecule has 0 saturated carbocycles. The van der Waals surface area contributed by atoms with E-state index in [2.05, 4.69) is 27.4 Å². The highest BCUT2D eigenvalue weighted by Crippen LogP contribution is 2.19. The number of amides is 2. The van der Waals surface area contributed by atoms with Crippen molar-refractivity contribution in [3.8, 4) is 0 Å². The van der Waals surface area contributed by atoms with Crippen LogP contribution in [0.4, 0.5) is 11.4 Å². The predicted molar refractivity (Wildman–Crippen MR) is 118 cm³/mol. The topological polar surface area (TPSA) is 64.7 Å². The molecule has 3 rings (SSSR count). The third kappa shape index (κ3) is 5.81. The molecule has 29 heavy (non-hydrogen) atoms. The molecule has 1 saturated heterocycles. The van der Waals surface area contributed by atoms with Gasteiger partial charge < -0.3 is 20.4 Å². The molecule has 0 aromatic heterocycles. The van der Waals surface area contributed by atoms with E-state index in [-0.39, 0.29) is 18.4 Å². The maximum Gasteiger partial charge on any atom is 0.251 e. The molecular weight excluding hydrogens is 364 g/mol. The number of nitrogens with zero attached hydrogens (tertiary/aromatic N) is 2. The lowest BCUT2D eigenvalue weighted by Gasteiger charge is -2.35. The van der Waals surface area contributed by atoms with Crippen LogP contribution < -0.4 is 15.5 Å². The van der Waals surface area contributed by atoms with E-state index in [0.29, 0.717) is 5.56 Å². The van der Waals surface area contributed by atoms with Gasteiger partial charge in [-0.2, -0.15) is 0 Å². The van der Waals surface area contributed by atoms with Crippen molar-refractivity contribution >= 4 is 23.2 Å². The molecule has 0 spiro atoms. The van der Waals surface area contributed by atoms with Crippen LogP contribution in [0.15, 0.2) is 42.5 Å². The Bertz CT molecular complexity index is 835. The molecule has 1 aliphatic heterocycles. The fraction of sp³-hybridized carbons (Fsp3) is 0.391. The first-order valence-corrected chi connectivity index (χ1v) is 10.2. The summed E-state index contributed by atoms with van der Waals surface area (Å²) in [6.45, 7) is 11.3. The predicted octanol–water partition coefficient (Wildman–Crippen LogP) is 2.81. The summed E-state index contributed by atoms with van der Waals surface area (Å²) in [6, 6.07) is 13.5. The number of rotatable bonds is 6. The van der Waals surface area contributed by atoms with Gasteiger partial charge in [-0.1, -0.05) is 24.1 Å². The molecule has 2 aromatic rings. The summed E-state index contributed by atoms with van der Waals surface area (Å²) in [5.74, 6) is -0.486. The number of benzene rings is 2. The zero-order valence-electron chi connectivity index (χ0n) is 17.5. The molecule has 1 aliphatic rings. The second-order valence-corrected chi connectivity index (χ2v) is 7.58. The monoisotopic (exact) mass is 394 g/mol. The molecule has 1 fully saturated rings. The Hall–Kier alpha value is -2.86. The van der Waals surface area contributed by atoms with Crippen molar-refractivity contribution in [1.82, 2.24) is 10.2 Å². The van der Waals surface area contributed by atoms with Crippen LogP contribution in [-0.2, 0) is 4.79 Å². The van der Waals surface area contributed by atoms with E-state index < -0.39 is 0 Å². The smallest absolute Gasteiger partial charge is 0.251 e. The Balaban J connectivity index is 1.48. The van der Waals surface area contributed by atoms with E-state index in [1.54, 1.807) is 0 Å². The molecule has 154 valence electrons. The van der Waals surface area contributed by atoms with Gasteiger partial charge in [0.05, 0.1) is 6.54 Å². The van der Waals surface area contributed by atoms with E-state index >= 15 is 0 Å². The van der Waals surface area contributed by atoms with Gasteiger partial charge in [0.2, 0.25) is 5.91 Å². The highest BCUT2D eigenvalue weighted by Gasteiger charge is 2.16. The molecule has 0 radical (unpaired) electrons. The molecule has 0 atom stereocenters. The Kier molecular flexibility index (Phi) is 6.88.